The molecule has 0 radical (unpaired) electrons. The summed E-state index contributed by atoms with van der Waals surface area (Å²) < 4.78 is 22.2. The summed E-state index contributed by atoms with van der Waals surface area (Å²) in [5.41, 5.74) is 2.45. The minimum absolute atomic E-state index is 0.605. The summed E-state index contributed by atoms with van der Waals surface area (Å²) in [6.07, 6.45) is 1.91. The molecule has 0 amide bonds. The lowest BCUT2D eigenvalue weighted by molar-refractivity contribution is 0.00206. The number of ether oxygens (including phenoxy) is 4. The number of nitrogens with zero attached hydrogens (tertiary/aromatic N) is 1. The molecule has 1 aliphatic heterocycles. The van der Waals surface area contributed by atoms with Gasteiger partial charge in [-0.25, -0.2) is 0 Å². The van der Waals surface area contributed by atoms with E-state index in [2.05, 4.69) is 29.7 Å². The fraction of sp³-hybridized carbons (Fsp3) is 0.579. The standard InChI is InChI=1S/C19H29NO4/c1-2-18-5-3-4-6-19(18)17-20-7-9-21-11-13-23-15-16-24-14-12-22-10-8-20/h2-6H,1,7-17H2. The molecule has 0 saturated carbocycles. The maximum atomic E-state index is 5.67. The van der Waals surface area contributed by atoms with Crippen LogP contribution in [0.1, 0.15) is 11.1 Å². The Morgan fingerprint density at radius 3 is 1.83 bits per heavy atom. The smallest absolute Gasteiger partial charge is 0.0701 e. The Hall–Kier alpha value is -1.24. The Morgan fingerprint density at radius 1 is 0.792 bits per heavy atom. The Morgan fingerprint density at radius 2 is 1.29 bits per heavy atom. The summed E-state index contributed by atoms with van der Waals surface area (Å²) in [5.74, 6) is 0. The molecule has 1 fully saturated rings. The zero-order valence-corrected chi connectivity index (χ0v) is 14.5. The molecular weight excluding hydrogens is 306 g/mol. The van der Waals surface area contributed by atoms with Crippen molar-refractivity contribution < 1.29 is 18.9 Å². The normalized spacial score (nSPS) is 20.0. The maximum absolute atomic E-state index is 5.67. The molecule has 0 aliphatic carbocycles. The third kappa shape index (κ3) is 7.55. The molecule has 1 aromatic rings. The maximum Gasteiger partial charge on any atom is 0.0701 e. The minimum atomic E-state index is 0.605. The van der Waals surface area contributed by atoms with Crippen LogP contribution in [0.5, 0.6) is 0 Å². The van der Waals surface area contributed by atoms with Crippen LogP contribution in [-0.4, -0.2) is 70.8 Å². The van der Waals surface area contributed by atoms with E-state index in [1.165, 1.54) is 11.1 Å². The van der Waals surface area contributed by atoms with Gasteiger partial charge < -0.3 is 18.9 Å². The van der Waals surface area contributed by atoms with Gasteiger partial charge in [0.2, 0.25) is 0 Å². The van der Waals surface area contributed by atoms with Crippen molar-refractivity contribution in [1.82, 2.24) is 4.90 Å². The molecule has 0 unspecified atom stereocenters. The van der Waals surface area contributed by atoms with Crippen LogP contribution in [0.15, 0.2) is 30.8 Å². The van der Waals surface area contributed by atoms with Gasteiger partial charge in [-0.15, -0.1) is 0 Å². The van der Waals surface area contributed by atoms with Crippen molar-refractivity contribution in [2.24, 2.45) is 0 Å². The molecule has 0 spiro atoms. The Bertz CT molecular complexity index is 450. The summed E-state index contributed by atoms with van der Waals surface area (Å²) in [6.45, 7) is 11.5. The molecule has 24 heavy (non-hydrogen) atoms. The SMILES string of the molecule is C=Cc1ccccc1CN1CCOCCOCCOCCOCC1. The van der Waals surface area contributed by atoms with Gasteiger partial charge in [-0.2, -0.15) is 0 Å². The van der Waals surface area contributed by atoms with Crippen molar-refractivity contribution in [3.05, 3.63) is 42.0 Å². The highest BCUT2D eigenvalue weighted by molar-refractivity contribution is 5.51. The molecule has 1 aromatic carbocycles. The summed E-state index contributed by atoms with van der Waals surface area (Å²) in [4.78, 5) is 2.35. The molecule has 5 heteroatoms. The van der Waals surface area contributed by atoms with Crippen molar-refractivity contribution in [2.45, 2.75) is 6.54 Å². The molecule has 1 aliphatic rings. The minimum Gasteiger partial charge on any atom is -0.378 e. The number of hydrogen-bond donors (Lipinski definition) is 0. The van der Waals surface area contributed by atoms with Crippen LogP contribution in [0.25, 0.3) is 6.08 Å². The summed E-state index contributed by atoms with van der Waals surface area (Å²) in [6, 6.07) is 8.35. The first kappa shape index (κ1) is 19.1. The third-order valence-electron chi connectivity index (χ3n) is 3.89. The van der Waals surface area contributed by atoms with E-state index >= 15 is 0 Å². The van der Waals surface area contributed by atoms with Crippen LogP contribution < -0.4 is 0 Å². The summed E-state index contributed by atoms with van der Waals surface area (Å²) >= 11 is 0. The van der Waals surface area contributed by atoms with Gasteiger partial charge in [-0.05, 0) is 11.1 Å². The summed E-state index contributed by atoms with van der Waals surface area (Å²) in [7, 11) is 0. The van der Waals surface area contributed by atoms with E-state index in [0.717, 1.165) is 19.6 Å². The fourth-order valence-electron chi connectivity index (χ4n) is 2.54. The molecule has 1 heterocycles. The largest absolute Gasteiger partial charge is 0.378 e. The van der Waals surface area contributed by atoms with Gasteiger partial charge >= 0.3 is 0 Å². The molecule has 0 aromatic heterocycles. The molecule has 134 valence electrons. The number of rotatable bonds is 3. The fourth-order valence-corrected chi connectivity index (χ4v) is 2.54. The Kier molecular flexibility index (Phi) is 9.68. The lowest BCUT2D eigenvalue weighted by atomic mass is 10.1. The van der Waals surface area contributed by atoms with Crippen LogP contribution in [0.3, 0.4) is 0 Å². The average Bonchev–Trinajstić information content (AvgIpc) is 2.62. The third-order valence-corrected chi connectivity index (χ3v) is 3.89. The highest BCUT2D eigenvalue weighted by atomic mass is 16.6. The van der Waals surface area contributed by atoms with Gasteiger partial charge in [0, 0.05) is 19.6 Å². The van der Waals surface area contributed by atoms with E-state index in [0.29, 0.717) is 52.9 Å². The summed E-state index contributed by atoms with van der Waals surface area (Å²) in [5, 5.41) is 0. The van der Waals surface area contributed by atoms with E-state index in [1.54, 1.807) is 0 Å². The van der Waals surface area contributed by atoms with Crippen LogP contribution in [0, 0.1) is 0 Å². The predicted molar refractivity (Wildman–Crippen MR) is 95.1 cm³/mol. The average molecular weight is 335 g/mol. The van der Waals surface area contributed by atoms with Gasteiger partial charge in [0.1, 0.15) is 0 Å². The lowest BCUT2D eigenvalue weighted by Crippen LogP contribution is -2.31. The van der Waals surface area contributed by atoms with Crippen molar-refractivity contribution >= 4 is 6.08 Å². The van der Waals surface area contributed by atoms with Crippen LogP contribution >= 0.6 is 0 Å². The molecule has 2 rings (SSSR count). The zero-order chi connectivity index (χ0) is 16.9. The van der Waals surface area contributed by atoms with Gasteiger partial charge in [0.15, 0.2) is 0 Å². The van der Waals surface area contributed by atoms with Crippen LogP contribution in [-0.2, 0) is 25.5 Å². The molecular formula is C19H29NO4. The van der Waals surface area contributed by atoms with Gasteiger partial charge in [-0.3, -0.25) is 4.90 Å². The van der Waals surface area contributed by atoms with E-state index < -0.39 is 0 Å². The predicted octanol–water partition coefficient (Wildman–Crippen LogP) is 2.21. The number of benzene rings is 1. The molecule has 0 atom stereocenters. The zero-order valence-electron chi connectivity index (χ0n) is 14.5. The Balaban J connectivity index is 1.87. The first-order chi connectivity index (χ1) is 11.9. The topological polar surface area (TPSA) is 40.2 Å². The quantitative estimate of drug-likeness (QED) is 0.847. The monoisotopic (exact) mass is 335 g/mol. The molecule has 0 N–H and O–H groups in total. The lowest BCUT2D eigenvalue weighted by Gasteiger charge is -2.23. The van der Waals surface area contributed by atoms with E-state index in [4.69, 9.17) is 18.9 Å². The number of hydrogen-bond acceptors (Lipinski definition) is 5. The van der Waals surface area contributed by atoms with Crippen molar-refractivity contribution in [2.75, 3.05) is 65.9 Å². The highest BCUT2D eigenvalue weighted by Crippen LogP contribution is 2.13. The first-order valence-corrected chi connectivity index (χ1v) is 8.64. The van der Waals surface area contributed by atoms with E-state index in [-0.39, 0.29) is 0 Å². The second-order valence-corrected chi connectivity index (χ2v) is 5.63. The van der Waals surface area contributed by atoms with Gasteiger partial charge in [-0.1, -0.05) is 36.9 Å². The molecule has 0 bridgehead atoms. The van der Waals surface area contributed by atoms with Crippen LogP contribution in [0.2, 0.25) is 0 Å². The van der Waals surface area contributed by atoms with Crippen molar-refractivity contribution in [1.29, 1.82) is 0 Å². The second-order valence-electron chi connectivity index (χ2n) is 5.63. The van der Waals surface area contributed by atoms with Gasteiger partial charge in [0.25, 0.3) is 0 Å². The van der Waals surface area contributed by atoms with Gasteiger partial charge in [0.05, 0.1) is 52.9 Å². The molecule has 1 saturated heterocycles. The van der Waals surface area contributed by atoms with Crippen molar-refractivity contribution in [3.8, 4) is 0 Å². The first-order valence-electron chi connectivity index (χ1n) is 8.64. The Labute approximate surface area is 145 Å². The highest BCUT2D eigenvalue weighted by Gasteiger charge is 2.09. The second kappa shape index (κ2) is 12.2. The molecule has 5 nitrogen and oxygen atoms in total. The van der Waals surface area contributed by atoms with Crippen molar-refractivity contribution in [3.63, 3.8) is 0 Å². The van der Waals surface area contributed by atoms with Crippen LogP contribution in [0.4, 0.5) is 0 Å². The van der Waals surface area contributed by atoms with E-state index in [1.807, 2.05) is 12.1 Å². The van der Waals surface area contributed by atoms with E-state index in [9.17, 15) is 0 Å².